The van der Waals surface area contributed by atoms with Crippen molar-refractivity contribution in [3.05, 3.63) is 76.2 Å². The third-order valence-corrected chi connectivity index (χ3v) is 4.81. The molecule has 0 aliphatic carbocycles. The van der Waals surface area contributed by atoms with E-state index in [0.29, 0.717) is 11.4 Å². The number of nitrogens with one attached hydrogen (secondary N) is 2. The van der Waals surface area contributed by atoms with Gasteiger partial charge in [-0.2, -0.15) is 5.10 Å². The van der Waals surface area contributed by atoms with E-state index in [2.05, 4.69) is 15.8 Å². The number of thiocarbonyl (C=S) groups is 1. The molecule has 0 radical (unpaired) electrons. The number of hydrazone groups is 1. The monoisotopic (exact) mass is 409 g/mol. The Hall–Kier alpha value is -3.39. The first-order valence-corrected chi connectivity index (χ1v) is 9.43. The van der Waals surface area contributed by atoms with Crippen molar-refractivity contribution in [3.63, 3.8) is 0 Å². The maximum absolute atomic E-state index is 12.9. The molecule has 0 spiro atoms. The topological polar surface area (TPSA) is 72.6 Å². The Kier molecular flexibility index (Phi) is 6.13. The van der Waals surface area contributed by atoms with Crippen LogP contribution < -0.4 is 21.0 Å². The molecule has 0 atom stereocenters. The predicted molar refractivity (Wildman–Crippen MR) is 120 cm³/mol. The van der Waals surface area contributed by atoms with Crippen molar-refractivity contribution in [2.24, 2.45) is 12.1 Å². The van der Waals surface area contributed by atoms with Gasteiger partial charge in [-0.15, -0.1) is 0 Å². The third-order valence-electron chi connectivity index (χ3n) is 4.61. The second-order valence-electron chi connectivity index (χ2n) is 6.40. The van der Waals surface area contributed by atoms with Crippen LogP contribution in [0.4, 0.5) is 5.69 Å². The van der Waals surface area contributed by atoms with Crippen LogP contribution in [0, 0.1) is 6.92 Å². The van der Waals surface area contributed by atoms with E-state index >= 15 is 0 Å². The molecule has 3 rings (SSSR count). The van der Waals surface area contributed by atoms with Crippen molar-refractivity contribution in [3.8, 4) is 11.4 Å². The second kappa shape index (κ2) is 8.74. The molecular weight excluding hydrogens is 386 g/mol. The van der Waals surface area contributed by atoms with Crippen LogP contribution in [0.15, 0.2) is 64.5 Å². The van der Waals surface area contributed by atoms with Crippen LogP contribution in [-0.2, 0) is 7.05 Å². The lowest BCUT2D eigenvalue weighted by Crippen LogP contribution is -2.28. The summed E-state index contributed by atoms with van der Waals surface area (Å²) in [6.07, 6.45) is 0. The van der Waals surface area contributed by atoms with E-state index < -0.39 is 0 Å². The molecule has 2 aromatic carbocycles. The Labute approximate surface area is 174 Å². The molecular formula is C21H23N5O2S. The normalized spacial score (nSPS) is 11.2. The lowest BCUT2D eigenvalue weighted by molar-refractivity contribution is 0.414. The van der Waals surface area contributed by atoms with Gasteiger partial charge in [0.15, 0.2) is 5.11 Å². The highest BCUT2D eigenvalue weighted by molar-refractivity contribution is 7.80. The van der Waals surface area contributed by atoms with Crippen LogP contribution >= 0.6 is 12.2 Å². The molecule has 1 aromatic heterocycles. The molecule has 0 fully saturated rings. The molecule has 29 heavy (non-hydrogen) atoms. The first-order chi connectivity index (χ1) is 13.9. The minimum absolute atomic E-state index is 0.189. The summed E-state index contributed by atoms with van der Waals surface area (Å²) >= 11 is 5.34. The summed E-state index contributed by atoms with van der Waals surface area (Å²) in [5.74, 6) is 0.721. The van der Waals surface area contributed by atoms with Gasteiger partial charge in [-0.3, -0.25) is 14.9 Å². The second-order valence-corrected chi connectivity index (χ2v) is 6.81. The summed E-state index contributed by atoms with van der Waals surface area (Å²) < 4.78 is 8.73. The first-order valence-electron chi connectivity index (χ1n) is 9.02. The maximum Gasteiger partial charge on any atom is 0.295 e. The summed E-state index contributed by atoms with van der Waals surface area (Å²) in [4.78, 5) is 12.9. The lowest BCUT2D eigenvalue weighted by atomic mass is 10.1. The van der Waals surface area contributed by atoms with Gasteiger partial charge in [0.2, 0.25) is 0 Å². The van der Waals surface area contributed by atoms with Gasteiger partial charge in [0, 0.05) is 12.6 Å². The van der Waals surface area contributed by atoms with E-state index in [9.17, 15) is 4.79 Å². The number of hydrogen-bond donors (Lipinski definition) is 2. The highest BCUT2D eigenvalue weighted by Gasteiger charge is 2.17. The summed E-state index contributed by atoms with van der Waals surface area (Å²) in [6.45, 7) is 3.71. The van der Waals surface area contributed by atoms with E-state index in [1.165, 1.54) is 0 Å². The molecule has 0 aliphatic heterocycles. The van der Waals surface area contributed by atoms with Crippen LogP contribution in [0.25, 0.3) is 5.69 Å². The average molecular weight is 410 g/mol. The van der Waals surface area contributed by atoms with E-state index in [1.807, 2.05) is 75.5 Å². The molecule has 8 heteroatoms. The standard InChI is InChI=1S/C21H23N5O2S/c1-14(17-12-8-9-13-18(17)28-4)23-24-21(29)22-19-15(2)25(3)26(20(19)27)16-10-6-5-7-11-16/h5-13H,1-4H3,(H2,22,24,29)/b23-14-. The van der Waals surface area contributed by atoms with Crippen LogP contribution in [-0.4, -0.2) is 27.3 Å². The number of rotatable bonds is 5. The zero-order chi connectivity index (χ0) is 21.0. The van der Waals surface area contributed by atoms with Gasteiger partial charge < -0.3 is 10.1 Å². The van der Waals surface area contributed by atoms with E-state index in [0.717, 1.165) is 22.7 Å². The molecule has 0 unspecified atom stereocenters. The first kappa shape index (κ1) is 20.3. The summed E-state index contributed by atoms with van der Waals surface area (Å²) in [7, 11) is 3.44. The van der Waals surface area contributed by atoms with Crippen molar-refractivity contribution in [1.29, 1.82) is 0 Å². The summed E-state index contributed by atoms with van der Waals surface area (Å²) in [5, 5.41) is 7.51. The maximum atomic E-state index is 12.9. The predicted octanol–water partition coefficient (Wildman–Crippen LogP) is 3.20. The molecule has 0 bridgehead atoms. The number of benzene rings is 2. The molecule has 0 saturated carbocycles. The quantitative estimate of drug-likeness (QED) is 0.385. The number of ether oxygens (including phenoxy) is 1. The van der Waals surface area contributed by atoms with E-state index in [-0.39, 0.29) is 10.7 Å². The van der Waals surface area contributed by atoms with Gasteiger partial charge in [-0.25, -0.2) is 4.68 Å². The van der Waals surface area contributed by atoms with Gasteiger partial charge >= 0.3 is 0 Å². The van der Waals surface area contributed by atoms with Crippen molar-refractivity contribution in [2.45, 2.75) is 13.8 Å². The molecule has 0 aliphatic rings. The lowest BCUT2D eigenvalue weighted by Gasteiger charge is -2.09. The Balaban J connectivity index is 1.81. The van der Waals surface area contributed by atoms with Crippen molar-refractivity contribution < 1.29 is 4.74 Å². The SMILES string of the molecule is COc1ccccc1/C(C)=N\NC(=S)Nc1c(C)n(C)n(-c2ccccc2)c1=O. The van der Waals surface area contributed by atoms with Gasteiger partial charge in [-0.1, -0.05) is 30.3 Å². The molecule has 0 amide bonds. The van der Waals surface area contributed by atoms with Crippen LogP contribution in [0.5, 0.6) is 5.75 Å². The molecule has 7 nitrogen and oxygen atoms in total. The number of methoxy groups -OCH3 is 1. The number of anilines is 1. The Morgan fingerprint density at radius 1 is 1.10 bits per heavy atom. The van der Waals surface area contributed by atoms with E-state index in [4.69, 9.17) is 17.0 Å². The zero-order valence-electron chi connectivity index (χ0n) is 16.8. The summed E-state index contributed by atoms with van der Waals surface area (Å²) in [5.41, 5.74) is 6.11. The molecule has 0 saturated heterocycles. The highest BCUT2D eigenvalue weighted by Crippen LogP contribution is 2.18. The Bertz CT molecular complexity index is 1120. The van der Waals surface area contributed by atoms with Crippen molar-refractivity contribution >= 4 is 28.7 Å². The minimum atomic E-state index is -0.189. The van der Waals surface area contributed by atoms with Crippen LogP contribution in [0.3, 0.4) is 0 Å². The van der Waals surface area contributed by atoms with Gasteiger partial charge in [0.25, 0.3) is 5.56 Å². The number of hydrogen-bond acceptors (Lipinski definition) is 4. The zero-order valence-corrected chi connectivity index (χ0v) is 17.6. The highest BCUT2D eigenvalue weighted by atomic mass is 32.1. The van der Waals surface area contributed by atoms with Crippen molar-refractivity contribution in [2.75, 3.05) is 12.4 Å². The third kappa shape index (κ3) is 4.22. The number of nitrogens with zero attached hydrogens (tertiary/aromatic N) is 3. The molecule has 150 valence electrons. The molecule has 3 aromatic rings. The largest absolute Gasteiger partial charge is 0.496 e. The minimum Gasteiger partial charge on any atom is -0.496 e. The summed E-state index contributed by atoms with van der Waals surface area (Å²) in [6, 6.07) is 17.0. The van der Waals surface area contributed by atoms with E-state index in [1.54, 1.807) is 16.5 Å². The molecule has 1 heterocycles. The fraction of sp³-hybridized carbons (Fsp3) is 0.190. The van der Waals surface area contributed by atoms with Gasteiger partial charge in [0.05, 0.1) is 24.2 Å². The number of para-hydroxylation sites is 2. The number of aromatic nitrogens is 2. The van der Waals surface area contributed by atoms with Crippen molar-refractivity contribution in [1.82, 2.24) is 14.8 Å². The van der Waals surface area contributed by atoms with Crippen LogP contribution in [0.2, 0.25) is 0 Å². The smallest absolute Gasteiger partial charge is 0.295 e. The van der Waals surface area contributed by atoms with Gasteiger partial charge in [0.1, 0.15) is 11.4 Å². The van der Waals surface area contributed by atoms with Crippen LogP contribution in [0.1, 0.15) is 18.2 Å². The Morgan fingerprint density at radius 3 is 2.45 bits per heavy atom. The fourth-order valence-corrected chi connectivity index (χ4v) is 3.14. The fourth-order valence-electron chi connectivity index (χ4n) is 2.99. The molecule has 2 N–H and O–H groups in total. The average Bonchev–Trinajstić information content (AvgIpc) is 2.95. The van der Waals surface area contributed by atoms with Gasteiger partial charge in [-0.05, 0) is 50.3 Å². The Morgan fingerprint density at radius 2 is 1.76 bits per heavy atom.